The zero-order valence-corrected chi connectivity index (χ0v) is 20.4. The summed E-state index contributed by atoms with van der Waals surface area (Å²) in [7, 11) is 4.65. The van der Waals surface area contributed by atoms with E-state index in [0.29, 0.717) is 51.4 Å². The summed E-state index contributed by atoms with van der Waals surface area (Å²) in [5, 5.41) is 4.79. The molecule has 0 saturated carbocycles. The monoisotopic (exact) mass is 492 g/mol. The van der Waals surface area contributed by atoms with Gasteiger partial charge in [-0.1, -0.05) is 47.1 Å². The molecule has 0 aliphatic carbocycles. The Morgan fingerprint density at radius 3 is 2.14 bits per heavy atom. The molecule has 0 atom stereocenters. The summed E-state index contributed by atoms with van der Waals surface area (Å²) in [5.74, 6) is 1.87. The molecule has 4 rings (SSSR count). The van der Waals surface area contributed by atoms with E-state index < -0.39 is 0 Å². The summed E-state index contributed by atoms with van der Waals surface area (Å²) in [6.45, 7) is 0.666. The molecule has 0 spiro atoms. The second kappa shape index (κ2) is 11.0. The highest BCUT2D eigenvalue weighted by Crippen LogP contribution is 2.41. The van der Waals surface area contributed by atoms with Crippen LogP contribution in [-0.4, -0.2) is 37.3 Å². The minimum absolute atomic E-state index is 0.136. The molecule has 8 heteroatoms. The minimum Gasteiger partial charge on any atom is -0.493 e. The molecule has 180 valence electrons. The van der Waals surface area contributed by atoms with Crippen molar-refractivity contribution in [1.29, 1.82) is 0 Å². The lowest BCUT2D eigenvalue weighted by molar-refractivity contribution is 0.0726. The highest BCUT2D eigenvalue weighted by molar-refractivity contribution is 6.30. The number of hydrogen-bond acceptors (Lipinski definition) is 6. The highest BCUT2D eigenvalue weighted by atomic mass is 35.5. The molecule has 7 nitrogen and oxygen atoms in total. The molecule has 0 fully saturated rings. The predicted molar refractivity (Wildman–Crippen MR) is 133 cm³/mol. The van der Waals surface area contributed by atoms with E-state index in [9.17, 15) is 4.79 Å². The normalized spacial score (nSPS) is 10.6. The number of carbonyl (C=O) groups excluding carboxylic acids is 1. The van der Waals surface area contributed by atoms with Gasteiger partial charge < -0.3 is 23.6 Å². The molecular weight excluding hydrogens is 468 g/mol. The molecule has 35 heavy (non-hydrogen) atoms. The van der Waals surface area contributed by atoms with Crippen LogP contribution in [0, 0.1) is 0 Å². The summed E-state index contributed by atoms with van der Waals surface area (Å²) in [6.07, 6.45) is 0. The predicted octanol–water partition coefficient (Wildman–Crippen LogP) is 5.86. The van der Waals surface area contributed by atoms with Crippen molar-refractivity contribution >= 4 is 17.5 Å². The fourth-order valence-electron chi connectivity index (χ4n) is 3.72. The molecule has 0 radical (unpaired) electrons. The summed E-state index contributed by atoms with van der Waals surface area (Å²) < 4.78 is 21.9. The van der Waals surface area contributed by atoms with Gasteiger partial charge in [0, 0.05) is 28.8 Å². The molecule has 3 aromatic carbocycles. The average molecular weight is 493 g/mol. The number of ether oxygens (including phenoxy) is 3. The lowest BCUT2D eigenvalue weighted by Crippen LogP contribution is -2.30. The van der Waals surface area contributed by atoms with Crippen LogP contribution in [-0.2, 0) is 13.1 Å². The van der Waals surface area contributed by atoms with E-state index in [1.165, 1.54) is 0 Å². The van der Waals surface area contributed by atoms with Gasteiger partial charge in [0.2, 0.25) is 5.75 Å². The molecule has 1 heterocycles. The first-order valence-electron chi connectivity index (χ1n) is 10.9. The first kappa shape index (κ1) is 24.2. The van der Waals surface area contributed by atoms with E-state index in [0.717, 1.165) is 5.56 Å². The van der Waals surface area contributed by atoms with Crippen LogP contribution in [0.15, 0.2) is 77.3 Å². The maximum Gasteiger partial charge on any atom is 0.254 e. The van der Waals surface area contributed by atoms with Gasteiger partial charge in [0.1, 0.15) is 5.69 Å². The molecule has 4 aromatic rings. The van der Waals surface area contributed by atoms with Crippen LogP contribution in [0.2, 0.25) is 5.02 Å². The summed E-state index contributed by atoms with van der Waals surface area (Å²) >= 11 is 6.01. The Hall–Kier alpha value is -3.97. The van der Waals surface area contributed by atoms with Crippen molar-refractivity contribution in [2.45, 2.75) is 13.1 Å². The van der Waals surface area contributed by atoms with Gasteiger partial charge in [-0.05, 0) is 42.0 Å². The van der Waals surface area contributed by atoms with Gasteiger partial charge in [0.15, 0.2) is 17.3 Å². The number of halogens is 1. The summed E-state index contributed by atoms with van der Waals surface area (Å²) in [5.41, 5.74) is 2.85. The van der Waals surface area contributed by atoms with Gasteiger partial charge in [0.25, 0.3) is 5.91 Å². The smallest absolute Gasteiger partial charge is 0.254 e. The number of rotatable bonds is 9. The lowest BCUT2D eigenvalue weighted by Gasteiger charge is -2.22. The topological polar surface area (TPSA) is 74.0 Å². The SMILES string of the molecule is COc1cc(-c2cc(CN(Cc3ccccc3)C(=O)c3ccc(Cl)cc3)no2)cc(OC)c1OC. The fourth-order valence-corrected chi connectivity index (χ4v) is 3.85. The van der Waals surface area contributed by atoms with Crippen molar-refractivity contribution in [1.82, 2.24) is 10.1 Å². The van der Waals surface area contributed by atoms with E-state index in [1.807, 2.05) is 30.3 Å². The largest absolute Gasteiger partial charge is 0.493 e. The Kier molecular flexibility index (Phi) is 7.57. The Labute approximate surface area is 208 Å². The van der Waals surface area contributed by atoms with Crippen molar-refractivity contribution < 1.29 is 23.5 Å². The maximum atomic E-state index is 13.4. The van der Waals surface area contributed by atoms with E-state index in [1.54, 1.807) is 68.7 Å². The molecule has 0 unspecified atom stereocenters. The molecule has 0 bridgehead atoms. The third-order valence-corrected chi connectivity index (χ3v) is 5.71. The number of nitrogens with zero attached hydrogens (tertiary/aromatic N) is 2. The lowest BCUT2D eigenvalue weighted by atomic mass is 10.1. The zero-order chi connectivity index (χ0) is 24.8. The third-order valence-electron chi connectivity index (χ3n) is 5.46. The van der Waals surface area contributed by atoms with E-state index in [4.69, 9.17) is 30.3 Å². The van der Waals surface area contributed by atoms with Crippen LogP contribution in [0.4, 0.5) is 0 Å². The molecule has 0 N–H and O–H groups in total. The molecule has 0 aliphatic rings. The van der Waals surface area contributed by atoms with E-state index in [2.05, 4.69) is 5.16 Å². The summed E-state index contributed by atoms with van der Waals surface area (Å²) in [6, 6.07) is 22.0. The van der Waals surface area contributed by atoms with Crippen molar-refractivity contribution in [3.05, 3.63) is 94.6 Å². The number of benzene rings is 3. The van der Waals surface area contributed by atoms with Crippen LogP contribution in [0.3, 0.4) is 0 Å². The van der Waals surface area contributed by atoms with Gasteiger partial charge >= 0.3 is 0 Å². The standard InChI is InChI=1S/C27H25ClN2O5/c1-32-24-13-20(14-25(33-2)26(24)34-3)23-15-22(29-35-23)17-30(16-18-7-5-4-6-8-18)27(31)19-9-11-21(28)12-10-19/h4-15H,16-17H2,1-3H3. The van der Waals surface area contributed by atoms with Crippen LogP contribution >= 0.6 is 11.6 Å². The fraction of sp³-hybridized carbons (Fsp3) is 0.185. The van der Waals surface area contributed by atoms with Crippen molar-refractivity contribution in [2.24, 2.45) is 0 Å². The van der Waals surface area contributed by atoms with Crippen molar-refractivity contribution in [2.75, 3.05) is 21.3 Å². The number of hydrogen-bond donors (Lipinski definition) is 0. The second-order valence-electron chi connectivity index (χ2n) is 7.75. The highest BCUT2D eigenvalue weighted by Gasteiger charge is 2.21. The van der Waals surface area contributed by atoms with Crippen LogP contribution in [0.25, 0.3) is 11.3 Å². The second-order valence-corrected chi connectivity index (χ2v) is 8.19. The number of methoxy groups -OCH3 is 3. The zero-order valence-electron chi connectivity index (χ0n) is 19.7. The Balaban J connectivity index is 1.63. The third kappa shape index (κ3) is 5.58. The molecular formula is C27H25ClN2O5. The van der Waals surface area contributed by atoms with Crippen LogP contribution < -0.4 is 14.2 Å². The Morgan fingerprint density at radius 1 is 0.886 bits per heavy atom. The quantitative estimate of drug-likeness (QED) is 0.291. The van der Waals surface area contributed by atoms with Gasteiger partial charge in [-0.25, -0.2) is 0 Å². The average Bonchev–Trinajstić information content (AvgIpc) is 3.36. The first-order chi connectivity index (χ1) is 17.0. The molecule has 1 aromatic heterocycles. The number of aromatic nitrogens is 1. The van der Waals surface area contributed by atoms with Crippen LogP contribution in [0.5, 0.6) is 17.2 Å². The van der Waals surface area contributed by atoms with Gasteiger partial charge in [-0.3, -0.25) is 4.79 Å². The van der Waals surface area contributed by atoms with E-state index in [-0.39, 0.29) is 12.5 Å². The molecule has 0 saturated heterocycles. The number of amides is 1. The molecule has 0 aliphatic heterocycles. The Bertz CT molecular complexity index is 1260. The Morgan fingerprint density at radius 2 is 1.54 bits per heavy atom. The van der Waals surface area contributed by atoms with Crippen molar-refractivity contribution in [3.63, 3.8) is 0 Å². The van der Waals surface area contributed by atoms with Gasteiger partial charge in [-0.2, -0.15) is 0 Å². The number of carbonyl (C=O) groups is 1. The first-order valence-corrected chi connectivity index (χ1v) is 11.2. The molecule has 1 amide bonds. The summed E-state index contributed by atoms with van der Waals surface area (Å²) in [4.78, 5) is 15.1. The van der Waals surface area contributed by atoms with E-state index >= 15 is 0 Å². The van der Waals surface area contributed by atoms with Crippen LogP contribution in [0.1, 0.15) is 21.6 Å². The van der Waals surface area contributed by atoms with Crippen molar-refractivity contribution in [3.8, 4) is 28.6 Å². The minimum atomic E-state index is -0.136. The van der Waals surface area contributed by atoms with Gasteiger partial charge in [0.05, 0.1) is 27.9 Å². The maximum absolute atomic E-state index is 13.4. The van der Waals surface area contributed by atoms with Gasteiger partial charge in [-0.15, -0.1) is 0 Å².